The first-order chi connectivity index (χ1) is 11.2. The van der Waals surface area contributed by atoms with E-state index in [-0.39, 0.29) is 24.1 Å². The summed E-state index contributed by atoms with van der Waals surface area (Å²) in [5.41, 5.74) is -0.493. The minimum absolute atomic E-state index is 0.0578. The van der Waals surface area contributed by atoms with Gasteiger partial charge in [0.05, 0.1) is 6.54 Å². The number of carbonyl (C=O) groups excluding carboxylic acids is 2. The maximum Gasteiger partial charge on any atom is 0.410 e. The fraction of sp³-hybridized carbons (Fsp3) is 0.882. The summed E-state index contributed by atoms with van der Waals surface area (Å²) in [6.45, 7) is 8.93. The van der Waals surface area contributed by atoms with Crippen molar-refractivity contribution in [2.24, 2.45) is 0 Å². The SMILES string of the molecule is CN(C(=O)OC(C)(C)C)C1CCN(CC(=O)NC2CCOCC2)C1. The summed E-state index contributed by atoms with van der Waals surface area (Å²) in [7, 11) is 1.77. The number of rotatable bonds is 4. The molecular weight excluding hydrogens is 310 g/mol. The second-order valence-corrected chi connectivity index (χ2v) is 7.72. The Hall–Kier alpha value is -1.34. The molecule has 2 saturated heterocycles. The number of hydrogen-bond acceptors (Lipinski definition) is 5. The molecule has 24 heavy (non-hydrogen) atoms. The third-order valence-corrected chi connectivity index (χ3v) is 4.43. The maximum atomic E-state index is 12.2. The number of likely N-dealkylation sites (N-methyl/N-ethyl adjacent to an activating group) is 1. The van der Waals surface area contributed by atoms with Crippen LogP contribution in [0.3, 0.4) is 0 Å². The summed E-state index contributed by atoms with van der Waals surface area (Å²) in [5.74, 6) is 0.0578. The zero-order valence-electron chi connectivity index (χ0n) is 15.3. The molecule has 1 unspecified atom stereocenters. The average molecular weight is 341 g/mol. The number of carbonyl (C=O) groups is 2. The lowest BCUT2D eigenvalue weighted by Crippen LogP contribution is -2.45. The number of likely N-dealkylation sites (tertiary alicyclic amines) is 1. The van der Waals surface area contributed by atoms with Gasteiger partial charge in [-0.05, 0) is 40.0 Å². The van der Waals surface area contributed by atoms with E-state index >= 15 is 0 Å². The Bertz CT molecular complexity index is 444. The van der Waals surface area contributed by atoms with E-state index in [0.29, 0.717) is 13.1 Å². The normalized spacial score (nSPS) is 23.1. The molecule has 0 saturated carbocycles. The van der Waals surface area contributed by atoms with Gasteiger partial charge in [-0.3, -0.25) is 9.69 Å². The van der Waals surface area contributed by atoms with Gasteiger partial charge in [0.25, 0.3) is 0 Å². The summed E-state index contributed by atoms with van der Waals surface area (Å²) >= 11 is 0. The van der Waals surface area contributed by atoms with Crippen molar-refractivity contribution in [2.45, 2.75) is 57.7 Å². The Balaban J connectivity index is 1.73. The molecule has 2 heterocycles. The van der Waals surface area contributed by atoms with Crippen molar-refractivity contribution in [3.63, 3.8) is 0 Å². The first-order valence-corrected chi connectivity index (χ1v) is 8.80. The molecule has 2 aliphatic heterocycles. The first-order valence-electron chi connectivity index (χ1n) is 8.80. The Kier molecular flexibility index (Phi) is 6.46. The van der Waals surface area contributed by atoms with Crippen molar-refractivity contribution >= 4 is 12.0 Å². The van der Waals surface area contributed by atoms with E-state index in [0.717, 1.165) is 39.0 Å². The van der Waals surface area contributed by atoms with Crippen LogP contribution < -0.4 is 5.32 Å². The van der Waals surface area contributed by atoms with Gasteiger partial charge in [-0.25, -0.2) is 4.79 Å². The highest BCUT2D eigenvalue weighted by molar-refractivity contribution is 5.78. The summed E-state index contributed by atoms with van der Waals surface area (Å²) in [6, 6.07) is 0.324. The molecule has 0 aliphatic carbocycles. The van der Waals surface area contributed by atoms with Crippen molar-refractivity contribution in [3.05, 3.63) is 0 Å². The monoisotopic (exact) mass is 341 g/mol. The highest BCUT2D eigenvalue weighted by Crippen LogP contribution is 2.17. The summed E-state index contributed by atoms with van der Waals surface area (Å²) < 4.78 is 10.7. The van der Waals surface area contributed by atoms with Crippen LogP contribution in [0.25, 0.3) is 0 Å². The summed E-state index contributed by atoms with van der Waals surface area (Å²) in [4.78, 5) is 28.0. The minimum atomic E-state index is -0.493. The van der Waals surface area contributed by atoms with Crippen LogP contribution in [0.5, 0.6) is 0 Å². The highest BCUT2D eigenvalue weighted by atomic mass is 16.6. The number of ether oxygens (including phenoxy) is 2. The van der Waals surface area contributed by atoms with Crippen molar-refractivity contribution in [2.75, 3.05) is 39.9 Å². The van der Waals surface area contributed by atoms with E-state index in [1.165, 1.54) is 0 Å². The summed E-state index contributed by atoms with van der Waals surface area (Å²) in [5, 5.41) is 3.08. The van der Waals surface area contributed by atoms with Crippen molar-refractivity contribution < 1.29 is 19.1 Å². The number of nitrogens with one attached hydrogen (secondary N) is 1. The number of amides is 2. The van der Waals surface area contributed by atoms with Gasteiger partial charge in [0.1, 0.15) is 5.60 Å². The lowest BCUT2D eigenvalue weighted by Gasteiger charge is -2.28. The largest absolute Gasteiger partial charge is 0.444 e. The molecule has 1 atom stereocenters. The van der Waals surface area contributed by atoms with Crippen molar-refractivity contribution in [1.82, 2.24) is 15.1 Å². The van der Waals surface area contributed by atoms with E-state index in [9.17, 15) is 9.59 Å². The van der Waals surface area contributed by atoms with E-state index in [2.05, 4.69) is 10.2 Å². The molecule has 7 heteroatoms. The third kappa shape index (κ3) is 5.94. The van der Waals surface area contributed by atoms with Gasteiger partial charge >= 0.3 is 6.09 Å². The first kappa shape index (κ1) is 19.0. The smallest absolute Gasteiger partial charge is 0.410 e. The van der Waals surface area contributed by atoms with Crippen LogP contribution in [0.2, 0.25) is 0 Å². The second kappa shape index (κ2) is 8.16. The standard InChI is InChI=1S/C17H31N3O4/c1-17(2,3)24-16(22)19(4)14-5-8-20(11-14)12-15(21)18-13-6-9-23-10-7-13/h13-14H,5-12H2,1-4H3,(H,18,21). The number of hydrogen-bond donors (Lipinski definition) is 1. The Morgan fingerprint density at radius 3 is 2.54 bits per heavy atom. The Morgan fingerprint density at radius 1 is 1.25 bits per heavy atom. The zero-order chi connectivity index (χ0) is 17.7. The Labute approximate surface area is 144 Å². The van der Waals surface area contributed by atoms with Crippen LogP contribution >= 0.6 is 0 Å². The second-order valence-electron chi connectivity index (χ2n) is 7.72. The van der Waals surface area contributed by atoms with Crippen molar-refractivity contribution in [1.29, 1.82) is 0 Å². The molecule has 1 N–H and O–H groups in total. The lowest BCUT2D eigenvalue weighted by molar-refractivity contribution is -0.123. The van der Waals surface area contributed by atoms with Gasteiger partial charge in [0.15, 0.2) is 0 Å². The minimum Gasteiger partial charge on any atom is -0.444 e. The fourth-order valence-corrected chi connectivity index (χ4v) is 3.07. The zero-order valence-corrected chi connectivity index (χ0v) is 15.3. The molecule has 0 radical (unpaired) electrons. The molecule has 0 aromatic heterocycles. The molecule has 2 fully saturated rings. The molecule has 0 aromatic rings. The quantitative estimate of drug-likeness (QED) is 0.833. The topological polar surface area (TPSA) is 71.1 Å². The molecule has 7 nitrogen and oxygen atoms in total. The summed E-state index contributed by atoms with van der Waals surface area (Å²) in [6.07, 6.45) is 2.33. The van der Waals surface area contributed by atoms with E-state index < -0.39 is 5.60 Å². The van der Waals surface area contributed by atoms with Crippen LogP contribution in [0.1, 0.15) is 40.0 Å². The van der Waals surface area contributed by atoms with E-state index in [4.69, 9.17) is 9.47 Å². The van der Waals surface area contributed by atoms with Gasteiger partial charge < -0.3 is 19.7 Å². The molecule has 138 valence electrons. The van der Waals surface area contributed by atoms with Gasteiger partial charge in [0.2, 0.25) is 5.91 Å². The Morgan fingerprint density at radius 2 is 1.92 bits per heavy atom. The molecule has 0 aromatic carbocycles. The highest BCUT2D eigenvalue weighted by Gasteiger charge is 2.31. The van der Waals surface area contributed by atoms with Crippen molar-refractivity contribution in [3.8, 4) is 0 Å². The molecule has 0 bridgehead atoms. The third-order valence-electron chi connectivity index (χ3n) is 4.43. The molecule has 2 amide bonds. The molecule has 2 rings (SSSR count). The van der Waals surface area contributed by atoms with E-state index in [1.807, 2.05) is 20.8 Å². The van der Waals surface area contributed by atoms with Crippen LogP contribution in [-0.4, -0.2) is 79.4 Å². The molecular formula is C17H31N3O4. The van der Waals surface area contributed by atoms with Crippen LogP contribution in [0.15, 0.2) is 0 Å². The predicted molar refractivity (Wildman–Crippen MR) is 90.8 cm³/mol. The van der Waals surface area contributed by atoms with Crippen LogP contribution in [-0.2, 0) is 14.3 Å². The average Bonchev–Trinajstić information content (AvgIpc) is 2.94. The van der Waals surface area contributed by atoms with Crippen LogP contribution in [0, 0.1) is 0 Å². The lowest BCUT2D eigenvalue weighted by atomic mass is 10.1. The number of nitrogens with zero attached hydrogens (tertiary/aromatic N) is 2. The van der Waals surface area contributed by atoms with E-state index in [1.54, 1.807) is 11.9 Å². The van der Waals surface area contributed by atoms with Gasteiger partial charge in [-0.15, -0.1) is 0 Å². The maximum absolute atomic E-state index is 12.2. The van der Waals surface area contributed by atoms with Crippen LogP contribution in [0.4, 0.5) is 4.79 Å². The predicted octanol–water partition coefficient (Wildman–Crippen LogP) is 1.22. The van der Waals surface area contributed by atoms with Gasteiger partial charge in [-0.2, -0.15) is 0 Å². The molecule has 2 aliphatic rings. The molecule has 0 spiro atoms. The fourth-order valence-electron chi connectivity index (χ4n) is 3.07. The van der Waals surface area contributed by atoms with Gasteiger partial charge in [-0.1, -0.05) is 0 Å². The van der Waals surface area contributed by atoms with Gasteiger partial charge in [0, 0.05) is 45.4 Å².